The van der Waals surface area contributed by atoms with Gasteiger partial charge in [-0.2, -0.15) is 0 Å². The highest BCUT2D eigenvalue weighted by Crippen LogP contribution is 2.26. The molecule has 1 unspecified atom stereocenters. The molecule has 0 bridgehead atoms. The van der Waals surface area contributed by atoms with Crippen molar-refractivity contribution < 1.29 is 14.3 Å². The minimum absolute atomic E-state index is 0.0359. The van der Waals surface area contributed by atoms with Crippen LogP contribution in [0.2, 0.25) is 0 Å². The predicted octanol–water partition coefficient (Wildman–Crippen LogP) is 4.66. The molecule has 0 saturated heterocycles. The highest BCUT2D eigenvalue weighted by molar-refractivity contribution is 7.99. The second-order valence-corrected chi connectivity index (χ2v) is 8.82. The van der Waals surface area contributed by atoms with Crippen molar-refractivity contribution in [3.63, 3.8) is 0 Å². The molecule has 1 aliphatic heterocycles. The van der Waals surface area contributed by atoms with Gasteiger partial charge in [0.25, 0.3) is 0 Å². The van der Waals surface area contributed by atoms with E-state index in [-0.39, 0.29) is 11.8 Å². The standard InChI is InChI=1S/C26H26N2O3S/c1-19(29)27-25(26(30)28-16-15-20-7-5-6-8-21(20)17-28)18-32-24-13-11-23(12-14-24)31-22-9-3-2-4-10-22/h2-14,25H,15-18H2,1H3,(H,27,29). The van der Waals surface area contributed by atoms with Crippen molar-refractivity contribution in [2.45, 2.75) is 30.8 Å². The Bertz CT molecular complexity index is 1070. The van der Waals surface area contributed by atoms with Gasteiger partial charge < -0.3 is 15.0 Å². The summed E-state index contributed by atoms with van der Waals surface area (Å²) in [6.45, 7) is 2.70. The van der Waals surface area contributed by atoms with Gasteiger partial charge in [0, 0.05) is 30.7 Å². The van der Waals surface area contributed by atoms with Crippen LogP contribution >= 0.6 is 11.8 Å². The van der Waals surface area contributed by atoms with E-state index in [0.717, 1.165) is 22.8 Å². The summed E-state index contributed by atoms with van der Waals surface area (Å²) in [5, 5.41) is 2.84. The van der Waals surface area contributed by atoms with Crippen LogP contribution in [-0.2, 0) is 22.6 Å². The Morgan fingerprint density at radius 1 is 0.938 bits per heavy atom. The normalized spacial score (nSPS) is 13.7. The topological polar surface area (TPSA) is 58.6 Å². The lowest BCUT2D eigenvalue weighted by atomic mass is 9.99. The number of thioether (sulfide) groups is 1. The Morgan fingerprint density at radius 3 is 2.31 bits per heavy atom. The summed E-state index contributed by atoms with van der Waals surface area (Å²) < 4.78 is 5.83. The second kappa shape index (κ2) is 10.4. The highest BCUT2D eigenvalue weighted by atomic mass is 32.2. The third-order valence-corrected chi connectivity index (χ3v) is 6.44. The molecule has 0 radical (unpaired) electrons. The van der Waals surface area contributed by atoms with Gasteiger partial charge in [-0.25, -0.2) is 0 Å². The molecule has 0 aliphatic carbocycles. The first kappa shape index (κ1) is 22.0. The van der Waals surface area contributed by atoms with Gasteiger partial charge in [0.2, 0.25) is 11.8 Å². The molecule has 0 fully saturated rings. The third kappa shape index (κ3) is 5.71. The zero-order valence-electron chi connectivity index (χ0n) is 18.0. The van der Waals surface area contributed by atoms with Crippen molar-refractivity contribution in [2.75, 3.05) is 12.3 Å². The lowest BCUT2D eigenvalue weighted by Gasteiger charge is -2.32. The van der Waals surface area contributed by atoms with Crippen LogP contribution in [0.3, 0.4) is 0 Å². The summed E-state index contributed by atoms with van der Waals surface area (Å²) in [5.41, 5.74) is 2.47. The number of nitrogens with zero attached hydrogens (tertiary/aromatic N) is 1. The lowest BCUT2D eigenvalue weighted by molar-refractivity contribution is -0.136. The number of nitrogens with one attached hydrogen (secondary N) is 1. The number of carbonyl (C=O) groups excluding carboxylic acids is 2. The first-order valence-corrected chi connectivity index (χ1v) is 11.7. The van der Waals surface area contributed by atoms with Gasteiger partial charge in [-0.05, 0) is 53.9 Å². The summed E-state index contributed by atoms with van der Waals surface area (Å²) in [6.07, 6.45) is 0.838. The number of carbonyl (C=O) groups is 2. The summed E-state index contributed by atoms with van der Waals surface area (Å²) in [6, 6.07) is 25.0. The molecule has 0 saturated carbocycles. The monoisotopic (exact) mass is 446 g/mol. The number of amides is 2. The first-order chi connectivity index (χ1) is 15.6. The largest absolute Gasteiger partial charge is 0.457 e. The number of rotatable bonds is 7. The van der Waals surface area contributed by atoms with E-state index < -0.39 is 6.04 Å². The average molecular weight is 447 g/mol. The van der Waals surface area contributed by atoms with E-state index in [0.29, 0.717) is 18.8 Å². The predicted molar refractivity (Wildman–Crippen MR) is 127 cm³/mol. The van der Waals surface area contributed by atoms with Gasteiger partial charge in [0.05, 0.1) is 0 Å². The van der Waals surface area contributed by atoms with E-state index in [9.17, 15) is 9.59 Å². The van der Waals surface area contributed by atoms with Crippen molar-refractivity contribution in [1.82, 2.24) is 10.2 Å². The first-order valence-electron chi connectivity index (χ1n) is 10.7. The van der Waals surface area contributed by atoms with Gasteiger partial charge in [-0.3, -0.25) is 9.59 Å². The van der Waals surface area contributed by atoms with Crippen LogP contribution in [0.4, 0.5) is 0 Å². The molecule has 164 valence electrons. The number of hydrogen-bond acceptors (Lipinski definition) is 4. The molecule has 1 heterocycles. The molecular formula is C26H26N2O3S. The van der Waals surface area contributed by atoms with Crippen molar-refractivity contribution in [1.29, 1.82) is 0 Å². The average Bonchev–Trinajstić information content (AvgIpc) is 2.82. The van der Waals surface area contributed by atoms with Crippen molar-refractivity contribution >= 4 is 23.6 Å². The molecule has 0 aromatic heterocycles. The number of para-hydroxylation sites is 1. The fourth-order valence-electron chi connectivity index (χ4n) is 3.73. The minimum atomic E-state index is -0.567. The molecule has 0 spiro atoms. The molecule has 1 atom stereocenters. The van der Waals surface area contributed by atoms with Crippen LogP contribution in [0.1, 0.15) is 18.1 Å². The maximum absolute atomic E-state index is 13.2. The van der Waals surface area contributed by atoms with Gasteiger partial charge in [-0.1, -0.05) is 42.5 Å². The zero-order valence-corrected chi connectivity index (χ0v) is 18.8. The van der Waals surface area contributed by atoms with Crippen LogP contribution in [0.25, 0.3) is 0 Å². The summed E-state index contributed by atoms with van der Waals surface area (Å²) in [4.78, 5) is 27.8. The van der Waals surface area contributed by atoms with Crippen molar-refractivity contribution in [2.24, 2.45) is 0 Å². The number of fused-ring (bicyclic) bond motifs is 1. The lowest BCUT2D eigenvalue weighted by Crippen LogP contribution is -2.50. The van der Waals surface area contributed by atoms with Gasteiger partial charge in [0.1, 0.15) is 17.5 Å². The highest BCUT2D eigenvalue weighted by Gasteiger charge is 2.28. The second-order valence-electron chi connectivity index (χ2n) is 7.73. The van der Waals surface area contributed by atoms with Crippen LogP contribution in [0.5, 0.6) is 11.5 Å². The molecule has 4 rings (SSSR count). The molecule has 1 N–H and O–H groups in total. The maximum Gasteiger partial charge on any atom is 0.246 e. The molecule has 6 heteroatoms. The van der Waals surface area contributed by atoms with Gasteiger partial charge in [-0.15, -0.1) is 11.8 Å². The number of ether oxygens (including phenoxy) is 1. The SMILES string of the molecule is CC(=O)NC(CSc1ccc(Oc2ccccc2)cc1)C(=O)N1CCc2ccccc2C1. The Hall–Kier alpha value is -3.25. The Labute approximate surface area is 192 Å². The van der Waals surface area contributed by atoms with Crippen molar-refractivity contribution in [3.8, 4) is 11.5 Å². The molecular weight excluding hydrogens is 420 g/mol. The fraction of sp³-hybridized carbons (Fsp3) is 0.231. The summed E-state index contributed by atoms with van der Waals surface area (Å²) in [5.74, 6) is 1.77. The Morgan fingerprint density at radius 2 is 1.59 bits per heavy atom. The Balaban J connectivity index is 1.37. The summed E-state index contributed by atoms with van der Waals surface area (Å²) in [7, 11) is 0. The van der Waals surface area contributed by atoms with Crippen LogP contribution in [0, 0.1) is 0 Å². The third-order valence-electron chi connectivity index (χ3n) is 5.34. The van der Waals surface area contributed by atoms with Crippen LogP contribution < -0.4 is 10.1 Å². The van der Waals surface area contributed by atoms with Crippen molar-refractivity contribution in [3.05, 3.63) is 90.0 Å². The fourth-order valence-corrected chi connectivity index (χ4v) is 4.65. The zero-order chi connectivity index (χ0) is 22.3. The van der Waals surface area contributed by atoms with Gasteiger partial charge in [0.15, 0.2) is 0 Å². The van der Waals surface area contributed by atoms with E-state index in [2.05, 4.69) is 17.4 Å². The number of benzene rings is 3. The van der Waals surface area contributed by atoms with E-state index >= 15 is 0 Å². The molecule has 1 aliphatic rings. The van der Waals surface area contributed by atoms with E-state index in [4.69, 9.17) is 4.74 Å². The molecule has 3 aromatic carbocycles. The van der Waals surface area contributed by atoms with E-state index in [1.54, 1.807) is 11.8 Å². The number of hydrogen-bond donors (Lipinski definition) is 1. The molecule has 5 nitrogen and oxygen atoms in total. The van der Waals surface area contributed by atoms with E-state index in [1.165, 1.54) is 18.1 Å². The van der Waals surface area contributed by atoms with Crippen LogP contribution in [-0.4, -0.2) is 35.1 Å². The van der Waals surface area contributed by atoms with E-state index in [1.807, 2.05) is 71.6 Å². The smallest absolute Gasteiger partial charge is 0.246 e. The maximum atomic E-state index is 13.2. The van der Waals surface area contributed by atoms with Gasteiger partial charge >= 0.3 is 0 Å². The molecule has 32 heavy (non-hydrogen) atoms. The van der Waals surface area contributed by atoms with Crippen LogP contribution in [0.15, 0.2) is 83.8 Å². The minimum Gasteiger partial charge on any atom is -0.457 e. The Kier molecular flexibility index (Phi) is 7.12. The molecule has 3 aromatic rings. The molecule has 2 amide bonds. The quantitative estimate of drug-likeness (QED) is 0.536. The summed E-state index contributed by atoms with van der Waals surface area (Å²) >= 11 is 1.55.